The van der Waals surface area contributed by atoms with Crippen molar-refractivity contribution in [1.82, 2.24) is 4.90 Å². The maximum atomic E-state index is 6.04. The van der Waals surface area contributed by atoms with E-state index in [0.717, 1.165) is 12.5 Å². The first kappa shape index (κ1) is 14.0. The van der Waals surface area contributed by atoms with Crippen molar-refractivity contribution in [2.75, 3.05) is 19.6 Å². The Morgan fingerprint density at radius 3 is 2.50 bits per heavy atom. The summed E-state index contributed by atoms with van der Waals surface area (Å²) in [7, 11) is 0. The van der Waals surface area contributed by atoms with Crippen molar-refractivity contribution in [3.8, 4) is 0 Å². The summed E-state index contributed by atoms with van der Waals surface area (Å²) < 4.78 is 0. The Kier molecular flexibility index (Phi) is 4.82. The van der Waals surface area contributed by atoms with Crippen LogP contribution < -0.4 is 5.73 Å². The predicted molar refractivity (Wildman–Crippen MR) is 80.2 cm³/mol. The van der Waals surface area contributed by atoms with Crippen LogP contribution in [0.25, 0.3) is 0 Å². The van der Waals surface area contributed by atoms with Crippen molar-refractivity contribution < 1.29 is 0 Å². The number of nitrogens with two attached hydrogens (primary N) is 1. The normalized spacial score (nSPS) is 20.2. The van der Waals surface area contributed by atoms with Crippen molar-refractivity contribution in [3.05, 3.63) is 21.4 Å². The van der Waals surface area contributed by atoms with Gasteiger partial charge in [-0.05, 0) is 57.3 Å². The fourth-order valence-electron chi connectivity index (χ4n) is 3.13. The molecule has 0 spiro atoms. The molecule has 1 aromatic rings. The Morgan fingerprint density at radius 1 is 1.39 bits per heavy atom. The second kappa shape index (κ2) is 6.18. The van der Waals surface area contributed by atoms with E-state index in [2.05, 4.69) is 31.7 Å². The molecular weight excluding hydrogens is 240 g/mol. The minimum Gasteiger partial charge on any atom is -0.329 e. The van der Waals surface area contributed by atoms with E-state index in [4.69, 9.17) is 5.73 Å². The van der Waals surface area contributed by atoms with Crippen LogP contribution in [0.15, 0.2) is 6.07 Å². The van der Waals surface area contributed by atoms with Crippen molar-refractivity contribution in [2.24, 2.45) is 11.7 Å². The lowest BCUT2D eigenvalue weighted by Gasteiger charge is -2.37. The first-order valence-electron chi connectivity index (χ1n) is 7.16. The van der Waals surface area contributed by atoms with Crippen molar-refractivity contribution >= 4 is 11.3 Å². The maximum absolute atomic E-state index is 6.04. The molecule has 2 heterocycles. The Bertz CT molecular complexity index is 378. The van der Waals surface area contributed by atoms with E-state index >= 15 is 0 Å². The van der Waals surface area contributed by atoms with Gasteiger partial charge in [0.05, 0.1) is 0 Å². The molecule has 2 nitrogen and oxygen atoms in total. The summed E-state index contributed by atoms with van der Waals surface area (Å²) in [5.41, 5.74) is 7.51. The summed E-state index contributed by atoms with van der Waals surface area (Å²) >= 11 is 1.90. The molecule has 2 rings (SSSR count). The van der Waals surface area contributed by atoms with Crippen LogP contribution in [0.5, 0.6) is 0 Å². The van der Waals surface area contributed by atoms with Crippen LogP contribution in [-0.2, 0) is 0 Å². The third-order valence-electron chi connectivity index (χ3n) is 4.33. The van der Waals surface area contributed by atoms with Gasteiger partial charge < -0.3 is 5.73 Å². The number of thiophene rings is 1. The molecule has 1 fully saturated rings. The highest BCUT2D eigenvalue weighted by Crippen LogP contribution is 2.32. The second-order valence-electron chi connectivity index (χ2n) is 5.51. The molecule has 2 N–H and O–H groups in total. The molecule has 1 atom stereocenters. The molecule has 0 aromatic carbocycles. The fraction of sp³-hybridized carbons (Fsp3) is 0.733. The van der Waals surface area contributed by atoms with E-state index in [-0.39, 0.29) is 0 Å². The van der Waals surface area contributed by atoms with Gasteiger partial charge >= 0.3 is 0 Å². The molecule has 1 aliphatic rings. The molecule has 3 heteroatoms. The zero-order chi connectivity index (χ0) is 13.1. The lowest BCUT2D eigenvalue weighted by Crippen LogP contribution is -2.39. The van der Waals surface area contributed by atoms with Gasteiger partial charge in [-0.2, -0.15) is 0 Å². The molecule has 0 amide bonds. The highest BCUT2D eigenvalue weighted by atomic mass is 32.1. The first-order chi connectivity index (χ1) is 8.65. The minimum atomic E-state index is 0.438. The van der Waals surface area contributed by atoms with Crippen LogP contribution in [0.1, 0.15) is 47.5 Å². The topological polar surface area (TPSA) is 29.3 Å². The van der Waals surface area contributed by atoms with Crippen molar-refractivity contribution in [1.29, 1.82) is 0 Å². The summed E-state index contributed by atoms with van der Waals surface area (Å²) in [5.74, 6) is 0.935. The Morgan fingerprint density at radius 2 is 2.06 bits per heavy atom. The van der Waals surface area contributed by atoms with Gasteiger partial charge in [0.1, 0.15) is 0 Å². The number of aryl methyl sites for hydroxylation is 2. The largest absolute Gasteiger partial charge is 0.329 e. The van der Waals surface area contributed by atoms with Gasteiger partial charge in [-0.15, -0.1) is 11.3 Å². The maximum Gasteiger partial charge on any atom is 0.0481 e. The standard InChI is InChI=1S/C15H26N2S/c1-4-13-5-7-17(8-6-13)15(10-16)14-9-11(2)18-12(14)3/h9,13,15H,4-8,10,16H2,1-3H3. The van der Waals surface area contributed by atoms with E-state index in [0.29, 0.717) is 6.04 Å². The average molecular weight is 266 g/mol. The zero-order valence-electron chi connectivity index (χ0n) is 11.9. The van der Waals surface area contributed by atoms with Gasteiger partial charge in [-0.3, -0.25) is 4.90 Å². The number of hydrogen-bond acceptors (Lipinski definition) is 3. The van der Waals surface area contributed by atoms with Gasteiger partial charge in [0.25, 0.3) is 0 Å². The number of likely N-dealkylation sites (tertiary alicyclic amines) is 1. The fourth-order valence-corrected chi connectivity index (χ4v) is 4.11. The highest BCUT2D eigenvalue weighted by molar-refractivity contribution is 7.12. The summed E-state index contributed by atoms with van der Waals surface area (Å²) in [6.07, 6.45) is 4.02. The van der Waals surface area contributed by atoms with Gasteiger partial charge in [0.15, 0.2) is 0 Å². The SMILES string of the molecule is CCC1CCN(C(CN)c2cc(C)sc2C)CC1. The Labute approximate surface area is 115 Å². The van der Waals surface area contributed by atoms with Crippen LogP contribution >= 0.6 is 11.3 Å². The molecule has 1 aromatic heterocycles. The van der Waals surface area contributed by atoms with E-state index in [9.17, 15) is 0 Å². The predicted octanol–water partition coefficient (Wildman–Crippen LogP) is 3.49. The number of hydrogen-bond donors (Lipinski definition) is 1. The minimum absolute atomic E-state index is 0.438. The molecule has 0 saturated carbocycles. The number of piperidine rings is 1. The molecule has 102 valence electrons. The van der Waals surface area contributed by atoms with E-state index in [1.807, 2.05) is 11.3 Å². The van der Waals surface area contributed by atoms with E-state index in [1.165, 1.54) is 47.7 Å². The first-order valence-corrected chi connectivity index (χ1v) is 7.98. The molecule has 1 unspecified atom stereocenters. The molecule has 1 aliphatic heterocycles. The van der Waals surface area contributed by atoms with Gasteiger partial charge in [0, 0.05) is 22.3 Å². The second-order valence-corrected chi connectivity index (χ2v) is 6.97. The third kappa shape index (κ3) is 2.95. The van der Waals surface area contributed by atoms with Crippen molar-refractivity contribution in [3.63, 3.8) is 0 Å². The molecular formula is C15H26N2S. The van der Waals surface area contributed by atoms with Gasteiger partial charge in [-0.1, -0.05) is 13.3 Å². The monoisotopic (exact) mass is 266 g/mol. The Hall–Kier alpha value is -0.380. The van der Waals surface area contributed by atoms with Crippen LogP contribution in [0, 0.1) is 19.8 Å². The average Bonchev–Trinajstić information content (AvgIpc) is 2.70. The lowest BCUT2D eigenvalue weighted by atomic mass is 9.92. The van der Waals surface area contributed by atoms with E-state index < -0.39 is 0 Å². The van der Waals surface area contributed by atoms with Crippen LogP contribution in [0.4, 0.5) is 0 Å². The zero-order valence-corrected chi connectivity index (χ0v) is 12.7. The molecule has 18 heavy (non-hydrogen) atoms. The van der Waals surface area contributed by atoms with E-state index in [1.54, 1.807) is 0 Å². The molecule has 0 aliphatic carbocycles. The van der Waals surface area contributed by atoms with Crippen molar-refractivity contribution in [2.45, 2.75) is 46.1 Å². The summed E-state index contributed by atoms with van der Waals surface area (Å²) in [6.45, 7) is 9.91. The van der Waals surface area contributed by atoms with Gasteiger partial charge in [0.2, 0.25) is 0 Å². The molecule has 1 saturated heterocycles. The Balaban J connectivity index is 2.08. The quantitative estimate of drug-likeness (QED) is 0.904. The molecule has 0 radical (unpaired) electrons. The van der Waals surface area contributed by atoms with Crippen LogP contribution in [-0.4, -0.2) is 24.5 Å². The number of rotatable bonds is 4. The summed E-state index contributed by atoms with van der Waals surface area (Å²) in [5, 5.41) is 0. The third-order valence-corrected chi connectivity index (χ3v) is 5.31. The summed E-state index contributed by atoms with van der Waals surface area (Å²) in [6, 6.07) is 2.77. The van der Waals surface area contributed by atoms with Crippen LogP contribution in [0.2, 0.25) is 0 Å². The highest BCUT2D eigenvalue weighted by Gasteiger charge is 2.26. The molecule has 0 bridgehead atoms. The lowest BCUT2D eigenvalue weighted by molar-refractivity contribution is 0.134. The van der Waals surface area contributed by atoms with Gasteiger partial charge in [-0.25, -0.2) is 0 Å². The number of nitrogens with zero attached hydrogens (tertiary/aromatic N) is 1. The van der Waals surface area contributed by atoms with Crippen LogP contribution in [0.3, 0.4) is 0 Å². The summed E-state index contributed by atoms with van der Waals surface area (Å²) in [4.78, 5) is 5.45. The smallest absolute Gasteiger partial charge is 0.0481 e.